The summed E-state index contributed by atoms with van der Waals surface area (Å²) >= 11 is 0. The lowest BCUT2D eigenvalue weighted by Gasteiger charge is -2.34. The molecule has 2 aromatic carbocycles. The highest BCUT2D eigenvalue weighted by atomic mass is 16.5. The lowest BCUT2D eigenvalue weighted by atomic mass is 9.70. The van der Waals surface area contributed by atoms with Crippen molar-refractivity contribution in [3.8, 4) is 5.75 Å². The number of ether oxygens (including phenoxy) is 1. The molecular weight excluding hydrogens is 434 g/mol. The van der Waals surface area contributed by atoms with Gasteiger partial charge in [0.1, 0.15) is 12.4 Å². The van der Waals surface area contributed by atoms with Gasteiger partial charge in [-0.3, -0.25) is 4.79 Å². The van der Waals surface area contributed by atoms with Gasteiger partial charge in [0.2, 0.25) is 5.91 Å². The zero-order chi connectivity index (χ0) is 25.6. The van der Waals surface area contributed by atoms with Crippen molar-refractivity contribution in [1.82, 2.24) is 5.32 Å². The molecule has 0 bridgehead atoms. The molecule has 1 amide bonds. The summed E-state index contributed by atoms with van der Waals surface area (Å²) in [5.41, 5.74) is 5.28. The Morgan fingerprint density at radius 1 is 0.971 bits per heavy atom. The molecular formula is C31H43NO3. The van der Waals surface area contributed by atoms with Gasteiger partial charge in [-0.1, -0.05) is 70.2 Å². The molecule has 1 aliphatic rings. The van der Waals surface area contributed by atoms with Crippen LogP contribution in [0, 0.1) is 13.8 Å². The molecule has 1 heterocycles. The van der Waals surface area contributed by atoms with Crippen molar-refractivity contribution in [1.29, 1.82) is 0 Å². The van der Waals surface area contributed by atoms with Gasteiger partial charge in [-0.15, -0.1) is 0 Å². The van der Waals surface area contributed by atoms with Gasteiger partial charge in [0, 0.05) is 11.8 Å². The summed E-state index contributed by atoms with van der Waals surface area (Å²) in [4.78, 5) is 11.5. The molecule has 2 aromatic rings. The molecule has 3 rings (SSSR count). The van der Waals surface area contributed by atoms with E-state index >= 15 is 0 Å². The van der Waals surface area contributed by atoms with Gasteiger partial charge < -0.3 is 15.2 Å². The molecule has 1 saturated heterocycles. The van der Waals surface area contributed by atoms with E-state index in [1.165, 1.54) is 16.7 Å². The average molecular weight is 478 g/mol. The first-order chi connectivity index (χ1) is 16.7. The minimum absolute atomic E-state index is 0.0801. The second-order valence-corrected chi connectivity index (χ2v) is 10.1. The van der Waals surface area contributed by atoms with Crippen molar-refractivity contribution in [3.05, 3.63) is 70.3 Å². The SMILES string of the molecule is CCC(O)(C=Cc1ccc(C(CC)(CC)c2ccc(OC[C@H]3CCC(=O)N3)c(C)c2)cc1C)CC. The molecule has 0 aromatic heterocycles. The summed E-state index contributed by atoms with van der Waals surface area (Å²) in [5.74, 6) is 0.997. The van der Waals surface area contributed by atoms with E-state index in [-0.39, 0.29) is 17.4 Å². The number of hydrogen-bond acceptors (Lipinski definition) is 3. The van der Waals surface area contributed by atoms with Crippen molar-refractivity contribution in [2.45, 2.75) is 97.1 Å². The number of carbonyl (C=O) groups is 1. The fraction of sp³-hybridized carbons (Fsp3) is 0.516. The van der Waals surface area contributed by atoms with Crippen LogP contribution in [0.4, 0.5) is 0 Å². The van der Waals surface area contributed by atoms with E-state index in [0.717, 1.165) is 36.1 Å². The van der Waals surface area contributed by atoms with Crippen molar-refractivity contribution in [2.75, 3.05) is 6.61 Å². The molecule has 0 spiro atoms. The Labute approximate surface area is 211 Å². The Morgan fingerprint density at radius 3 is 2.11 bits per heavy atom. The number of benzene rings is 2. The maximum absolute atomic E-state index is 11.5. The molecule has 0 radical (unpaired) electrons. The first-order valence-corrected chi connectivity index (χ1v) is 13.3. The Morgan fingerprint density at radius 2 is 1.60 bits per heavy atom. The summed E-state index contributed by atoms with van der Waals surface area (Å²) in [7, 11) is 0. The molecule has 4 nitrogen and oxygen atoms in total. The summed E-state index contributed by atoms with van der Waals surface area (Å²) in [6.45, 7) is 13.3. The van der Waals surface area contributed by atoms with Crippen LogP contribution >= 0.6 is 0 Å². The van der Waals surface area contributed by atoms with Gasteiger partial charge >= 0.3 is 0 Å². The maximum atomic E-state index is 11.5. The lowest BCUT2D eigenvalue weighted by molar-refractivity contribution is -0.119. The predicted octanol–water partition coefficient (Wildman–Crippen LogP) is 6.63. The number of carbonyl (C=O) groups excluding carboxylic acids is 1. The first kappa shape index (κ1) is 27.0. The summed E-state index contributed by atoms with van der Waals surface area (Å²) in [5, 5.41) is 13.6. The smallest absolute Gasteiger partial charge is 0.220 e. The quantitative estimate of drug-likeness (QED) is 0.382. The zero-order valence-corrected chi connectivity index (χ0v) is 22.4. The number of nitrogens with one attached hydrogen (secondary N) is 1. The summed E-state index contributed by atoms with van der Waals surface area (Å²) < 4.78 is 6.07. The standard InChI is InChI=1S/C31H43NO3/c1-7-30(34,8-2)18-17-24-11-12-25(19-22(24)5)31(9-3,10-4)26-13-15-28(23(6)20-26)35-21-27-14-16-29(33)32-27/h11-13,15,17-20,27,34H,7-10,14,16,21H2,1-6H3,(H,32,33)/t27-/m1/s1. The number of aryl methyl sites for hydroxylation is 2. The number of amides is 1. The Balaban J connectivity index is 1.86. The van der Waals surface area contributed by atoms with Crippen LogP contribution in [-0.2, 0) is 10.2 Å². The van der Waals surface area contributed by atoms with Gasteiger partial charge in [-0.25, -0.2) is 0 Å². The Bertz CT molecular complexity index is 1050. The van der Waals surface area contributed by atoms with E-state index in [4.69, 9.17) is 4.74 Å². The number of hydrogen-bond donors (Lipinski definition) is 2. The molecule has 2 N–H and O–H groups in total. The molecule has 1 fully saturated rings. The molecule has 35 heavy (non-hydrogen) atoms. The largest absolute Gasteiger partial charge is 0.491 e. The minimum Gasteiger partial charge on any atom is -0.491 e. The topological polar surface area (TPSA) is 58.6 Å². The fourth-order valence-corrected chi connectivity index (χ4v) is 5.23. The average Bonchev–Trinajstić information content (AvgIpc) is 3.28. The van der Waals surface area contributed by atoms with Crippen LogP contribution in [0.5, 0.6) is 5.75 Å². The van der Waals surface area contributed by atoms with Crippen LogP contribution in [0.2, 0.25) is 0 Å². The van der Waals surface area contributed by atoms with Crippen LogP contribution in [-0.4, -0.2) is 29.3 Å². The molecule has 4 heteroatoms. The van der Waals surface area contributed by atoms with E-state index < -0.39 is 5.60 Å². The molecule has 0 aliphatic carbocycles. The van der Waals surface area contributed by atoms with E-state index in [0.29, 0.717) is 25.9 Å². The van der Waals surface area contributed by atoms with E-state index in [9.17, 15) is 9.90 Å². The third-order valence-electron chi connectivity index (χ3n) is 8.08. The highest BCUT2D eigenvalue weighted by molar-refractivity contribution is 5.78. The van der Waals surface area contributed by atoms with E-state index in [2.05, 4.69) is 75.5 Å². The molecule has 0 saturated carbocycles. The summed E-state index contributed by atoms with van der Waals surface area (Å²) in [6, 6.07) is 13.4. The highest BCUT2D eigenvalue weighted by Crippen LogP contribution is 2.41. The van der Waals surface area contributed by atoms with Gasteiger partial charge in [0.25, 0.3) is 0 Å². The third-order valence-corrected chi connectivity index (χ3v) is 8.08. The van der Waals surface area contributed by atoms with Gasteiger partial charge in [-0.05, 0) is 79.8 Å². The normalized spacial score (nSPS) is 16.7. The van der Waals surface area contributed by atoms with Crippen LogP contribution in [0.15, 0.2) is 42.5 Å². The molecule has 0 unspecified atom stereocenters. The number of rotatable bonds is 11. The fourth-order valence-electron chi connectivity index (χ4n) is 5.23. The maximum Gasteiger partial charge on any atom is 0.220 e. The second kappa shape index (κ2) is 11.4. The minimum atomic E-state index is -0.744. The molecule has 1 aliphatic heterocycles. The lowest BCUT2D eigenvalue weighted by Crippen LogP contribution is -2.31. The van der Waals surface area contributed by atoms with Crippen LogP contribution in [0.1, 0.15) is 94.0 Å². The van der Waals surface area contributed by atoms with Gasteiger partial charge in [0.15, 0.2) is 0 Å². The van der Waals surface area contributed by atoms with Crippen LogP contribution in [0.3, 0.4) is 0 Å². The predicted molar refractivity (Wildman–Crippen MR) is 145 cm³/mol. The second-order valence-electron chi connectivity index (χ2n) is 10.1. The zero-order valence-electron chi connectivity index (χ0n) is 22.4. The first-order valence-electron chi connectivity index (χ1n) is 13.3. The van der Waals surface area contributed by atoms with Crippen LogP contribution < -0.4 is 10.1 Å². The highest BCUT2D eigenvalue weighted by Gasteiger charge is 2.31. The summed E-state index contributed by atoms with van der Waals surface area (Å²) in [6.07, 6.45) is 8.85. The van der Waals surface area contributed by atoms with Gasteiger partial charge in [-0.2, -0.15) is 0 Å². The van der Waals surface area contributed by atoms with E-state index in [1.54, 1.807) is 0 Å². The molecule has 190 valence electrons. The van der Waals surface area contributed by atoms with Crippen molar-refractivity contribution in [2.24, 2.45) is 0 Å². The third kappa shape index (κ3) is 5.98. The number of aliphatic hydroxyl groups is 1. The molecule has 1 atom stereocenters. The van der Waals surface area contributed by atoms with E-state index in [1.807, 2.05) is 19.9 Å². The van der Waals surface area contributed by atoms with Crippen molar-refractivity contribution >= 4 is 12.0 Å². The van der Waals surface area contributed by atoms with Crippen LogP contribution in [0.25, 0.3) is 6.08 Å². The van der Waals surface area contributed by atoms with Crippen molar-refractivity contribution < 1.29 is 14.6 Å². The Kier molecular flexibility index (Phi) is 8.82. The Hall–Kier alpha value is -2.59. The van der Waals surface area contributed by atoms with Crippen molar-refractivity contribution in [3.63, 3.8) is 0 Å². The van der Waals surface area contributed by atoms with Gasteiger partial charge in [0.05, 0.1) is 11.6 Å². The monoisotopic (exact) mass is 477 g/mol.